The fourth-order valence-electron chi connectivity index (χ4n) is 6.51. The Labute approximate surface area is 345 Å². The summed E-state index contributed by atoms with van der Waals surface area (Å²) in [5.41, 5.74) is 8.58. The summed E-state index contributed by atoms with van der Waals surface area (Å²) in [6.07, 6.45) is 0. The molecular formula is C44H30Cl6O4-2. The van der Waals surface area contributed by atoms with Crippen molar-refractivity contribution in [1.82, 2.24) is 0 Å². The molecule has 0 bridgehead atoms. The van der Waals surface area contributed by atoms with Gasteiger partial charge >= 0.3 is 5.97 Å². The lowest BCUT2D eigenvalue weighted by Crippen LogP contribution is -3.00. The number of ether oxygens (including phenoxy) is 2. The van der Waals surface area contributed by atoms with Crippen LogP contribution in [0.4, 0.5) is 0 Å². The molecule has 0 saturated heterocycles. The van der Waals surface area contributed by atoms with E-state index >= 15 is 0 Å². The second-order valence-corrected chi connectivity index (χ2v) is 14.4. The molecular weight excluding hydrogens is 805 g/mol. The van der Waals surface area contributed by atoms with Crippen LogP contribution in [0.5, 0.6) is 23.0 Å². The van der Waals surface area contributed by atoms with E-state index in [0.717, 1.165) is 76.9 Å². The molecule has 54 heavy (non-hydrogen) atoms. The molecule has 6 aromatic carbocycles. The van der Waals surface area contributed by atoms with Gasteiger partial charge < -0.3 is 39.4 Å². The molecule has 2 aliphatic rings. The Morgan fingerprint density at radius 1 is 0.519 bits per heavy atom. The van der Waals surface area contributed by atoms with Crippen LogP contribution in [0.1, 0.15) is 49.3 Å². The molecule has 0 aliphatic carbocycles. The zero-order valence-electron chi connectivity index (χ0n) is 29.1. The van der Waals surface area contributed by atoms with E-state index in [0.29, 0.717) is 32.1 Å². The topological polar surface area (TPSA) is 55.8 Å². The number of benzene rings is 6. The number of hydrogen-bond acceptors (Lipinski definition) is 3. The molecule has 10 heteroatoms. The monoisotopic (exact) mass is 832 g/mol. The predicted molar refractivity (Wildman–Crippen MR) is 213 cm³/mol. The molecule has 4 nitrogen and oxygen atoms in total. The smallest absolute Gasteiger partial charge is 0.336 e. The van der Waals surface area contributed by atoms with Gasteiger partial charge in [0.15, 0.2) is 0 Å². The van der Waals surface area contributed by atoms with Gasteiger partial charge in [-0.2, -0.15) is 0 Å². The summed E-state index contributed by atoms with van der Waals surface area (Å²) in [6.45, 7) is 14.0. The second-order valence-electron chi connectivity index (χ2n) is 12.8. The minimum atomic E-state index is -1.08. The molecule has 274 valence electrons. The van der Waals surface area contributed by atoms with Gasteiger partial charge in [-0.05, 0) is 108 Å². The number of carboxylic acids is 1. The van der Waals surface area contributed by atoms with E-state index in [1.165, 1.54) is 6.07 Å². The summed E-state index contributed by atoms with van der Waals surface area (Å²) in [6, 6.07) is 30.5. The Morgan fingerprint density at radius 3 is 1.43 bits per heavy atom. The van der Waals surface area contributed by atoms with Crippen molar-refractivity contribution in [2.24, 2.45) is 0 Å². The Balaban J connectivity index is 0.000000201. The zero-order chi connectivity index (χ0) is 37.0. The lowest BCUT2D eigenvalue weighted by Gasteiger charge is -2.23. The van der Waals surface area contributed by atoms with E-state index in [1.54, 1.807) is 6.07 Å². The van der Waals surface area contributed by atoms with E-state index in [2.05, 4.69) is 44.3 Å². The molecule has 6 aromatic rings. The maximum Gasteiger partial charge on any atom is 0.336 e. The minimum Gasteiger partial charge on any atom is -1.00 e. The van der Waals surface area contributed by atoms with E-state index in [4.69, 9.17) is 55.9 Å². The van der Waals surface area contributed by atoms with Crippen molar-refractivity contribution in [3.8, 4) is 23.0 Å². The van der Waals surface area contributed by atoms with Gasteiger partial charge in [-0.3, -0.25) is 0 Å². The fourth-order valence-corrected chi connectivity index (χ4v) is 7.22. The highest BCUT2D eigenvalue weighted by Crippen LogP contribution is 2.41. The van der Waals surface area contributed by atoms with Crippen LogP contribution in [0.25, 0.3) is 24.3 Å². The highest BCUT2D eigenvalue weighted by molar-refractivity contribution is 6.42. The van der Waals surface area contributed by atoms with Gasteiger partial charge in [0, 0.05) is 32.7 Å². The van der Waals surface area contributed by atoms with Crippen LogP contribution < -0.4 is 55.2 Å². The average Bonchev–Trinajstić information content (AvgIpc) is 3.09. The quantitative estimate of drug-likeness (QED) is 0.291. The van der Waals surface area contributed by atoms with E-state index in [1.807, 2.05) is 74.5 Å². The summed E-state index contributed by atoms with van der Waals surface area (Å²) < 4.78 is 12.2. The molecule has 0 saturated carbocycles. The van der Waals surface area contributed by atoms with Gasteiger partial charge in [-0.25, -0.2) is 4.79 Å². The molecule has 1 N–H and O–H groups in total. The van der Waals surface area contributed by atoms with Crippen molar-refractivity contribution in [1.29, 1.82) is 0 Å². The van der Waals surface area contributed by atoms with Gasteiger partial charge in [0.2, 0.25) is 0 Å². The predicted octanol–water partition coefficient (Wildman–Crippen LogP) is 4.14. The first kappa shape index (κ1) is 40.8. The van der Waals surface area contributed by atoms with Gasteiger partial charge in [0.05, 0.1) is 25.7 Å². The molecule has 0 unspecified atom stereocenters. The Hall–Kier alpha value is -4.39. The van der Waals surface area contributed by atoms with Crippen molar-refractivity contribution in [2.75, 3.05) is 0 Å². The zero-order valence-corrected chi connectivity index (χ0v) is 33.6. The maximum atomic E-state index is 11.9. The standard InChI is InChI=1S/C22H14Cl2O3.C22H16Cl2O.2ClH/c1-11-3-5-13-19(7-11)27-20-8-12(2)4-6-14(20)21(13)15-9-17(23)18(24)10-16(15)22(25)26;1-12-4-6-15-20(8-12)25-21-9-13(2)5-7-16(21)22(15)17-11-19(24)18(23)10-14(17)3;;/h3-10H,1H2,2H3,(H,25,26);4-11H,1H2,2-3H3;2*1H/p-2. The summed E-state index contributed by atoms with van der Waals surface area (Å²) in [5, 5.41) is 14.9. The van der Waals surface area contributed by atoms with Crippen LogP contribution >= 0.6 is 46.4 Å². The summed E-state index contributed by atoms with van der Waals surface area (Å²) in [5.74, 6) is 1.86. The van der Waals surface area contributed by atoms with Gasteiger partial charge in [-0.1, -0.05) is 108 Å². The van der Waals surface area contributed by atoms with Crippen LogP contribution in [0.2, 0.25) is 20.1 Å². The molecule has 2 heterocycles. The van der Waals surface area contributed by atoms with Crippen LogP contribution in [0, 0.1) is 20.8 Å². The maximum absolute atomic E-state index is 11.9. The minimum absolute atomic E-state index is 0. The molecule has 2 aliphatic heterocycles. The molecule has 0 atom stereocenters. The normalized spacial score (nSPS) is 11.8. The molecule has 0 spiro atoms. The largest absolute Gasteiger partial charge is 1.00 e. The number of halogens is 6. The number of hydrogen-bond donors (Lipinski definition) is 1. The highest BCUT2D eigenvalue weighted by atomic mass is 35.5. The van der Waals surface area contributed by atoms with Crippen molar-refractivity contribution in [3.63, 3.8) is 0 Å². The third kappa shape index (κ3) is 7.74. The van der Waals surface area contributed by atoms with E-state index in [-0.39, 0.29) is 35.4 Å². The highest BCUT2D eigenvalue weighted by Gasteiger charge is 2.25. The number of carboxylic acid groups (broad SMARTS) is 1. The number of fused-ring (bicyclic) bond motifs is 4. The number of aryl methyl sites for hydroxylation is 3. The van der Waals surface area contributed by atoms with E-state index in [9.17, 15) is 9.90 Å². The number of rotatable bonds is 3. The Bertz CT molecular complexity index is 2740. The Morgan fingerprint density at radius 2 is 0.944 bits per heavy atom. The van der Waals surface area contributed by atoms with Crippen LogP contribution in [-0.4, -0.2) is 11.1 Å². The van der Waals surface area contributed by atoms with Crippen LogP contribution in [0.15, 0.2) is 97.1 Å². The molecule has 0 radical (unpaired) electrons. The van der Waals surface area contributed by atoms with Crippen LogP contribution in [0.3, 0.4) is 0 Å². The first-order chi connectivity index (χ1) is 24.8. The molecule has 0 fully saturated rings. The fraction of sp³-hybridized carbons (Fsp3) is 0.0682. The molecule has 0 amide bonds. The van der Waals surface area contributed by atoms with Crippen molar-refractivity contribution in [2.45, 2.75) is 20.8 Å². The molecule has 0 aromatic heterocycles. The second kappa shape index (κ2) is 16.1. The van der Waals surface area contributed by atoms with Crippen molar-refractivity contribution >= 4 is 76.7 Å². The lowest BCUT2D eigenvalue weighted by molar-refractivity contribution is -0.00100. The SMILES string of the molecule is C=c1ccc2c(c1)Oc1cc(C)ccc1C=2c1cc(Cl)c(Cl)cc1C.C=c1ccc2c(c1)Oc1cc(C)ccc1C=2c1cc(Cl)c(Cl)cc1C(=O)O.[Cl-].[Cl-]. The summed E-state index contributed by atoms with van der Waals surface area (Å²) in [7, 11) is 0. The average molecular weight is 835 g/mol. The lowest BCUT2D eigenvalue weighted by atomic mass is 9.89. The first-order valence-corrected chi connectivity index (χ1v) is 17.7. The van der Waals surface area contributed by atoms with Gasteiger partial charge in [0.1, 0.15) is 23.0 Å². The third-order valence-electron chi connectivity index (χ3n) is 8.98. The number of aromatic carboxylic acids is 1. The third-order valence-corrected chi connectivity index (χ3v) is 10.4. The Kier molecular flexibility index (Phi) is 12.2. The van der Waals surface area contributed by atoms with Crippen molar-refractivity contribution in [3.05, 3.63) is 183 Å². The van der Waals surface area contributed by atoms with Crippen molar-refractivity contribution < 1.29 is 44.2 Å². The summed E-state index contributed by atoms with van der Waals surface area (Å²) >= 11 is 24.8. The van der Waals surface area contributed by atoms with Crippen LogP contribution in [-0.2, 0) is 0 Å². The summed E-state index contributed by atoms with van der Waals surface area (Å²) in [4.78, 5) is 11.9. The van der Waals surface area contributed by atoms with E-state index < -0.39 is 5.97 Å². The van der Waals surface area contributed by atoms with Gasteiger partial charge in [-0.15, -0.1) is 0 Å². The molecule has 8 rings (SSSR count). The number of carbonyl (C=O) groups is 1. The first-order valence-electron chi connectivity index (χ1n) is 16.2. The van der Waals surface area contributed by atoms with Gasteiger partial charge in [0.25, 0.3) is 0 Å².